The van der Waals surface area contributed by atoms with Gasteiger partial charge in [-0.15, -0.1) is 0 Å². The van der Waals surface area contributed by atoms with Crippen molar-refractivity contribution in [1.82, 2.24) is 19.4 Å². The molecule has 1 fully saturated rings. The normalized spacial score (nSPS) is 17.1. The lowest BCUT2D eigenvalue weighted by atomic mass is 10.1. The first-order valence-electron chi connectivity index (χ1n) is 8.67. The van der Waals surface area contributed by atoms with Crippen molar-refractivity contribution in [3.63, 3.8) is 0 Å². The van der Waals surface area contributed by atoms with E-state index in [9.17, 15) is 9.50 Å². The monoisotopic (exact) mass is 365 g/mol. The number of hydrogen-bond donors (Lipinski definition) is 1. The van der Waals surface area contributed by atoms with E-state index in [1.54, 1.807) is 36.9 Å². The Kier molecular flexibility index (Phi) is 3.64. The zero-order valence-corrected chi connectivity index (χ0v) is 14.3. The van der Waals surface area contributed by atoms with E-state index in [1.165, 1.54) is 12.1 Å². The first-order chi connectivity index (χ1) is 13.2. The van der Waals surface area contributed by atoms with E-state index in [-0.39, 0.29) is 11.9 Å². The Morgan fingerprint density at radius 3 is 2.78 bits per heavy atom. The average molecular weight is 365 g/mol. The van der Waals surface area contributed by atoms with Crippen LogP contribution >= 0.6 is 0 Å². The van der Waals surface area contributed by atoms with Gasteiger partial charge in [0.25, 0.3) is 0 Å². The highest BCUT2D eigenvalue weighted by Crippen LogP contribution is 2.33. The number of aromatic nitrogens is 4. The number of benzene rings is 1. The summed E-state index contributed by atoms with van der Waals surface area (Å²) in [6, 6.07) is 7.97. The quantitative estimate of drug-likeness (QED) is 0.601. The molecule has 0 aliphatic carbocycles. The van der Waals surface area contributed by atoms with Crippen LogP contribution in [0.2, 0.25) is 0 Å². The van der Waals surface area contributed by atoms with Gasteiger partial charge in [0.1, 0.15) is 23.5 Å². The SMILES string of the molecule is O[C@H]1CCN(c2nccc(-c3c(-c4ccc(F)cc4)nc4occn34)n2)C1. The van der Waals surface area contributed by atoms with E-state index in [1.807, 2.05) is 9.30 Å². The van der Waals surface area contributed by atoms with Crippen LogP contribution in [0.1, 0.15) is 6.42 Å². The molecule has 0 unspecified atom stereocenters. The van der Waals surface area contributed by atoms with Gasteiger partial charge >= 0.3 is 5.84 Å². The molecule has 1 N–H and O–H groups in total. The molecule has 0 spiro atoms. The summed E-state index contributed by atoms with van der Waals surface area (Å²) < 4.78 is 20.6. The van der Waals surface area contributed by atoms with Crippen LogP contribution in [-0.4, -0.2) is 43.7 Å². The first kappa shape index (κ1) is 16.0. The number of β-amino-alcohol motifs (C(OH)–C–C–N with tert-alkyl or cyclic N) is 1. The summed E-state index contributed by atoms with van der Waals surface area (Å²) in [4.78, 5) is 15.5. The molecular weight excluding hydrogens is 349 g/mol. The fourth-order valence-corrected chi connectivity index (χ4v) is 3.40. The second-order valence-corrected chi connectivity index (χ2v) is 6.50. The molecule has 0 radical (unpaired) electrons. The van der Waals surface area contributed by atoms with E-state index in [2.05, 4.69) is 9.97 Å². The van der Waals surface area contributed by atoms with Crippen LogP contribution in [0.25, 0.3) is 28.5 Å². The zero-order valence-electron chi connectivity index (χ0n) is 14.3. The lowest BCUT2D eigenvalue weighted by Crippen LogP contribution is -2.23. The summed E-state index contributed by atoms with van der Waals surface area (Å²) >= 11 is 0. The molecule has 4 heterocycles. The van der Waals surface area contributed by atoms with Crippen molar-refractivity contribution in [3.05, 3.63) is 54.8 Å². The fraction of sp³-hybridized carbons (Fsp3) is 0.211. The van der Waals surface area contributed by atoms with Crippen LogP contribution in [-0.2, 0) is 0 Å². The highest BCUT2D eigenvalue weighted by Gasteiger charge is 2.24. The Bertz CT molecular complexity index is 1100. The topological polar surface area (TPSA) is 79.7 Å². The number of oxazole rings is 1. The molecule has 3 aromatic heterocycles. The number of anilines is 1. The van der Waals surface area contributed by atoms with Gasteiger partial charge < -0.3 is 14.4 Å². The Balaban J connectivity index is 1.65. The number of aliphatic hydroxyl groups is 1. The third-order valence-corrected chi connectivity index (χ3v) is 4.71. The molecular formula is C19H16FN5O2. The molecule has 4 aromatic rings. The van der Waals surface area contributed by atoms with Crippen LogP contribution in [0.15, 0.2) is 53.4 Å². The van der Waals surface area contributed by atoms with E-state index < -0.39 is 0 Å². The van der Waals surface area contributed by atoms with Gasteiger partial charge in [0.2, 0.25) is 5.95 Å². The van der Waals surface area contributed by atoms with Crippen molar-refractivity contribution in [2.24, 2.45) is 0 Å². The second kappa shape index (κ2) is 6.17. The maximum Gasteiger partial charge on any atom is 0.306 e. The summed E-state index contributed by atoms with van der Waals surface area (Å²) in [5.41, 5.74) is 2.84. The standard InChI is InChI=1S/C19H16FN5O2/c20-13-3-1-12(2-4-13)16-17(25-9-10-27-19(25)23-16)15-5-7-21-18(22-15)24-8-6-14(26)11-24/h1-5,7,9-10,14,26H,6,8,11H2/t14-/m0/s1. The predicted molar refractivity (Wildman–Crippen MR) is 96.7 cm³/mol. The summed E-state index contributed by atoms with van der Waals surface area (Å²) in [6.45, 7) is 1.23. The van der Waals surface area contributed by atoms with Gasteiger partial charge in [-0.25, -0.2) is 14.4 Å². The van der Waals surface area contributed by atoms with Crippen molar-refractivity contribution in [1.29, 1.82) is 0 Å². The highest BCUT2D eigenvalue weighted by molar-refractivity contribution is 5.79. The van der Waals surface area contributed by atoms with Crippen LogP contribution in [0.4, 0.5) is 10.3 Å². The van der Waals surface area contributed by atoms with Crippen molar-refractivity contribution in [2.75, 3.05) is 18.0 Å². The van der Waals surface area contributed by atoms with Gasteiger partial charge in [0.15, 0.2) is 0 Å². The Morgan fingerprint density at radius 1 is 1.15 bits per heavy atom. The summed E-state index contributed by atoms with van der Waals surface area (Å²) in [5.74, 6) is 0.689. The molecule has 0 saturated carbocycles. The van der Waals surface area contributed by atoms with Gasteiger partial charge in [-0.3, -0.25) is 4.40 Å². The number of imidazole rings is 1. The number of hydrogen-bond acceptors (Lipinski definition) is 6. The van der Waals surface area contributed by atoms with Crippen LogP contribution < -0.4 is 4.90 Å². The minimum absolute atomic E-state index is 0.305. The molecule has 0 amide bonds. The van der Waals surface area contributed by atoms with Crippen molar-refractivity contribution in [2.45, 2.75) is 12.5 Å². The Morgan fingerprint density at radius 2 is 2.00 bits per heavy atom. The van der Waals surface area contributed by atoms with Crippen LogP contribution in [0.3, 0.4) is 0 Å². The zero-order chi connectivity index (χ0) is 18.4. The van der Waals surface area contributed by atoms with Gasteiger partial charge in [0.05, 0.1) is 11.8 Å². The third-order valence-electron chi connectivity index (χ3n) is 4.71. The first-order valence-corrected chi connectivity index (χ1v) is 8.67. The number of aliphatic hydroxyl groups excluding tert-OH is 1. The minimum atomic E-state index is -0.359. The van der Waals surface area contributed by atoms with Gasteiger partial charge in [-0.2, -0.15) is 4.98 Å². The number of fused-ring (bicyclic) bond motifs is 1. The maximum absolute atomic E-state index is 13.3. The second-order valence-electron chi connectivity index (χ2n) is 6.50. The summed E-state index contributed by atoms with van der Waals surface area (Å²) in [5, 5.41) is 9.79. The molecule has 136 valence electrons. The summed E-state index contributed by atoms with van der Waals surface area (Å²) in [6.07, 6.45) is 5.36. The van der Waals surface area contributed by atoms with E-state index in [0.29, 0.717) is 42.7 Å². The molecule has 27 heavy (non-hydrogen) atoms. The van der Waals surface area contributed by atoms with Crippen LogP contribution in [0.5, 0.6) is 0 Å². The summed E-state index contributed by atoms with van der Waals surface area (Å²) in [7, 11) is 0. The van der Waals surface area contributed by atoms with Gasteiger partial charge in [-0.1, -0.05) is 0 Å². The van der Waals surface area contributed by atoms with Crippen molar-refractivity contribution < 1.29 is 13.9 Å². The number of nitrogens with zero attached hydrogens (tertiary/aromatic N) is 5. The minimum Gasteiger partial charge on any atom is -0.432 e. The van der Waals surface area contributed by atoms with Gasteiger partial charge in [0, 0.05) is 31.0 Å². The average Bonchev–Trinajstić information content (AvgIpc) is 3.38. The van der Waals surface area contributed by atoms with E-state index in [4.69, 9.17) is 9.40 Å². The molecule has 7 nitrogen and oxygen atoms in total. The number of halogens is 1. The Labute approximate surface area is 153 Å². The molecule has 0 bridgehead atoms. The maximum atomic E-state index is 13.3. The Hall–Kier alpha value is -3.26. The lowest BCUT2D eigenvalue weighted by Gasteiger charge is -2.15. The smallest absolute Gasteiger partial charge is 0.306 e. The van der Waals surface area contributed by atoms with E-state index in [0.717, 1.165) is 11.3 Å². The van der Waals surface area contributed by atoms with Crippen LogP contribution in [0, 0.1) is 5.82 Å². The lowest BCUT2D eigenvalue weighted by molar-refractivity contribution is 0.198. The highest BCUT2D eigenvalue weighted by atomic mass is 19.1. The predicted octanol–water partition coefficient (Wildman–Crippen LogP) is 2.76. The molecule has 1 aromatic carbocycles. The third kappa shape index (κ3) is 2.74. The van der Waals surface area contributed by atoms with Crippen molar-refractivity contribution in [3.8, 4) is 22.6 Å². The molecule has 8 heteroatoms. The van der Waals surface area contributed by atoms with E-state index >= 15 is 0 Å². The number of rotatable bonds is 3. The largest absolute Gasteiger partial charge is 0.432 e. The molecule has 1 atom stereocenters. The van der Waals surface area contributed by atoms with Gasteiger partial charge in [-0.05, 0) is 36.8 Å². The molecule has 1 aliphatic heterocycles. The molecule has 1 saturated heterocycles. The van der Waals surface area contributed by atoms with Crippen molar-refractivity contribution >= 4 is 11.8 Å². The molecule has 5 rings (SSSR count). The fourth-order valence-electron chi connectivity index (χ4n) is 3.40. The molecule has 1 aliphatic rings.